The van der Waals surface area contributed by atoms with Gasteiger partial charge in [0.2, 0.25) is 0 Å². The zero-order chi connectivity index (χ0) is 12.7. The van der Waals surface area contributed by atoms with E-state index in [1.807, 2.05) is 0 Å². The minimum Gasteiger partial charge on any atom is -0.478 e. The van der Waals surface area contributed by atoms with E-state index in [9.17, 15) is 9.18 Å². The summed E-state index contributed by atoms with van der Waals surface area (Å²) in [7, 11) is 0. The van der Waals surface area contributed by atoms with Crippen molar-refractivity contribution >= 4 is 17.0 Å². The lowest BCUT2D eigenvalue weighted by Crippen LogP contribution is -2.04. The molecule has 6 heteroatoms. The molecule has 1 aromatic heterocycles. The number of fused-ring (bicyclic) bond motifs is 1. The van der Waals surface area contributed by atoms with E-state index in [0.717, 1.165) is 18.4 Å². The smallest absolute Gasteiger partial charge is 0.338 e. The van der Waals surface area contributed by atoms with Crippen molar-refractivity contribution in [1.29, 1.82) is 0 Å². The van der Waals surface area contributed by atoms with Gasteiger partial charge in [0.15, 0.2) is 0 Å². The van der Waals surface area contributed by atoms with Gasteiger partial charge in [-0.25, -0.2) is 13.9 Å². The summed E-state index contributed by atoms with van der Waals surface area (Å²) in [6.07, 6.45) is 3.52. The maximum atomic E-state index is 13.4. The highest BCUT2D eigenvalue weighted by Crippen LogP contribution is 2.33. The number of hydrogen-bond acceptors (Lipinski definition) is 3. The fraction of sp³-hybridized carbons (Fsp3) is 0.417. The lowest BCUT2D eigenvalue weighted by atomic mass is 10.2. The van der Waals surface area contributed by atoms with Gasteiger partial charge in [-0.05, 0) is 18.4 Å². The van der Waals surface area contributed by atoms with Crippen LogP contribution in [0.25, 0.3) is 11.0 Å². The maximum Gasteiger partial charge on any atom is 0.338 e. The van der Waals surface area contributed by atoms with Gasteiger partial charge in [0, 0.05) is 12.6 Å². The van der Waals surface area contributed by atoms with Crippen molar-refractivity contribution in [3.05, 3.63) is 23.5 Å². The van der Waals surface area contributed by atoms with Gasteiger partial charge in [0.05, 0.1) is 11.1 Å². The number of carboxylic acid groups (broad SMARTS) is 1. The third kappa shape index (κ3) is 1.94. The zero-order valence-corrected chi connectivity index (χ0v) is 9.64. The summed E-state index contributed by atoms with van der Waals surface area (Å²) in [6.45, 7) is 0.700. The molecule has 1 aliphatic rings. The summed E-state index contributed by atoms with van der Waals surface area (Å²) in [5.41, 5.74) is 0.639. The van der Waals surface area contributed by atoms with Crippen molar-refractivity contribution in [3.63, 3.8) is 0 Å². The summed E-state index contributed by atoms with van der Waals surface area (Å²) >= 11 is 0. The topological polar surface area (TPSA) is 68.0 Å². The molecule has 0 spiro atoms. The Morgan fingerprint density at radius 3 is 2.94 bits per heavy atom. The van der Waals surface area contributed by atoms with Crippen LogP contribution in [-0.2, 0) is 6.54 Å². The molecular formula is C12H12FN3O2. The van der Waals surface area contributed by atoms with E-state index in [4.69, 9.17) is 5.11 Å². The van der Waals surface area contributed by atoms with Crippen LogP contribution in [0.5, 0.6) is 0 Å². The Labute approximate surface area is 102 Å². The number of benzene rings is 1. The van der Waals surface area contributed by atoms with Crippen molar-refractivity contribution in [1.82, 2.24) is 15.0 Å². The highest BCUT2D eigenvalue weighted by molar-refractivity contribution is 5.92. The molecule has 1 fully saturated rings. The van der Waals surface area contributed by atoms with E-state index in [1.165, 1.54) is 18.9 Å². The fourth-order valence-electron chi connectivity index (χ4n) is 2.03. The molecular weight excluding hydrogens is 237 g/mol. The van der Waals surface area contributed by atoms with Crippen molar-refractivity contribution in [2.24, 2.45) is 5.92 Å². The van der Waals surface area contributed by atoms with E-state index in [-0.39, 0.29) is 5.56 Å². The van der Waals surface area contributed by atoms with Gasteiger partial charge in [-0.15, -0.1) is 5.10 Å². The Morgan fingerprint density at radius 2 is 2.28 bits per heavy atom. The van der Waals surface area contributed by atoms with Gasteiger partial charge in [0.25, 0.3) is 0 Å². The number of carbonyl (C=O) groups is 1. The van der Waals surface area contributed by atoms with E-state index in [0.29, 0.717) is 17.6 Å². The molecule has 0 bridgehead atoms. The predicted molar refractivity (Wildman–Crippen MR) is 61.8 cm³/mol. The first kappa shape index (κ1) is 11.1. The quantitative estimate of drug-likeness (QED) is 0.900. The van der Waals surface area contributed by atoms with E-state index >= 15 is 0 Å². The maximum absolute atomic E-state index is 13.4. The number of aromatic nitrogens is 3. The lowest BCUT2D eigenvalue weighted by molar-refractivity contribution is 0.0692. The van der Waals surface area contributed by atoms with Crippen molar-refractivity contribution < 1.29 is 14.3 Å². The molecule has 1 aromatic carbocycles. The van der Waals surface area contributed by atoms with Crippen molar-refractivity contribution in [3.8, 4) is 0 Å². The Kier molecular flexibility index (Phi) is 2.50. The summed E-state index contributed by atoms with van der Waals surface area (Å²) < 4.78 is 15.1. The van der Waals surface area contributed by atoms with Crippen molar-refractivity contribution in [2.45, 2.75) is 25.8 Å². The van der Waals surface area contributed by atoms with E-state index in [1.54, 1.807) is 4.68 Å². The Balaban J connectivity index is 1.99. The average Bonchev–Trinajstić information content (AvgIpc) is 3.07. The third-order valence-corrected chi connectivity index (χ3v) is 3.28. The molecule has 2 aromatic rings. The first-order chi connectivity index (χ1) is 8.65. The van der Waals surface area contributed by atoms with Crippen LogP contribution in [0.1, 0.15) is 29.6 Å². The Hall–Kier alpha value is -1.98. The number of nitrogens with zero attached hydrogens (tertiary/aromatic N) is 3. The molecule has 0 amide bonds. The molecule has 1 saturated carbocycles. The van der Waals surface area contributed by atoms with Gasteiger partial charge in [-0.1, -0.05) is 18.1 Å². The zero-order valence-electron chi connectivity index (χ0n) is 9.64. The van der Waals surface area contributed by atoms with Crippen LogP contribution in [0.15, 0.2) is 12.1 Å². The minimum atomic E-state index is -1.27. The molecule has 0 aliphatic heterocycles. The molecule has 0 atom stereocenters. The molecule has 3 rings (SSSR count). The molecule has 0 radical (unpaired) electrons. The molecule has 1 N–H and O–H groups in total. The van der Waals surface area contributed by atoms with Crippen LogP contribution in [0.4, 0.5) is 4.39 Å². The molecule has 5 nitrogen and oxygen atoms in total. The Morgan fingerprint density at radius 1 is 1.50 bits per heavy atom. The van der Waals surface area contributed by atoms with Gasteiger partial charge < -0.3 is 5.11 Å². The number of halogens is 1. The lowest BCUT2D eigenvalue weighted by Gasteiger charge is -2.02. The summed E-state index contributed by atoms with van der Waals surface area (Å²) in [5.74, 6) is -1.29. The third-order valence-electron chi connectivity index (χ3n) is 3.28. The number of rotatable bonds is 4. The van der Waals surface area contributed by atoms with Gasteiger partial charge in [-0.2, -0.15) is 0 Å². The summed E-state index contributed by atoms with van der Waals surface area (Å²) in [5, 5.41) is 16.7. The van der Waals surface area contributed by atoms with Crippen LogP contribution in [0.2, 0.25) is 0 Å². The molecule has 18 heavy (non-hydrogen) atoms. The number of aromatic carboxylic acids is 1. The number of hydrogen-bond donors (Lipinski definition) is 1. The van der Waals surface area contributed by atoms with Crippen LogP contribution in [0, 0.1) is 11.7 Å². The van der Waals surface area contributed by atoms with Crippen LogP contribution < -0.4 is 0 Å². The average molecular weight is 249 g/mol. The minimum absolute atomic E-state index is 0.336. The van der Waals surface area contributed by atoms with E-state index in [2.05, 4.69) is 10.3 Å². The molecule has 0 saturated heterocycles. The van der Waals surface area contributed by atoms with Gasteiger partial charge in [0.1, 0.15) is 11.3 Å². The second-order valence-electron chi connectivity index (χ2n) is 4.67. The highest BCUT2D eigenvalue weighted by atomic mass is 19.1. The Bertz CT molecular complexity index is 619. The number of aryl methyl sites for hydroxylation is 1. The van der Waals surface area contributed by atoms with E-state index < -0.39 is 11.8 Å². The SMILES string of the molecule is O=C(O)c1cc2c(cc1F)nnn2CCC1CC1. The first-order valence-electron chi connectivity index (χ1n) is 5.91. The van der Waals surface area contributed by atoms with Crippen LogP contribution in [-0.4, -0.2) is 26.1 Å². The predicted octanol–water partition coefficient (Wildman–Crippen LogP) is 2.07. The standard InChI is InChI=1S/C12H12FN3O2/c13-9-6-10-11(5-8(9)12(17)18)16(15-14-10)4-3-7-1-2-7/h5-7H,1-4H2,(H,17,18). The van der Waals surface area contributed by atoms with Crippen LogP contribution in [0.3, 0.4) is 0 Å². The van der Waals surface area contributed by atoms with Gasteiger partial charge in [-0.3, -0.25) is 0 Å². The normalized spacial score (nSPS) is 15.2. The molecule has 94 valence electrons. The van der Waals surface area contributed by atoms with Crippen LogP contribution >= 0.6 is 0 Å². The summed E-state index contributed by atoms with van der Waals surface area (Å²) in [6, 6.07) is 2.43. The number of carboxylic acids is 1. The second-order valence-corrected chi connectivity index (χ2v) is 4.67. The summed E-state index contributed by atoms with van der Waals surface area (Å²) in [4.78, 5) is 10.9. The van der Waals surface area contributed by atoms with Crippen molar-refractivity contribution in [2.75, 3.05) is 0 Å². The second kappa shape index (κ2) is 4.04. The van der Waals surface area contributed by atoms with Gasteiger partial charge >= 0.3 is 5.97 Å². The molecule has 1 heterocycles. The fourth-order valence-corrected chi connectivity index (χ4v) is 2.03. The monoisotopic (exact) mass is 249 g/mol. The largest absolute Gasteiger partial charge is 0.478 e. The highest BCUT2D eigenvalue weighted by Gasteiger charge is 2.22. The molecule has 1 aliphatic carbocycles. The first-order valence-corrected chi connectivity index (χ1v) is 5.91. The molecule has 0 unspecified atom stereocenters.